The van der Waals surface area contributed by atoms with Crippen LogP contribution < -0.4 is 16.4 Å². The van der Waals surface area contributed by atoms with Crippen LogP contribution in [0.4, 0.5) is 11.8 Å². The van der Waals surface area contributed by atoms with E-state index < -0.39 is 0 Å². The number of nitrogens with two attached hydrogens (primary N) is 1. The van der Waals surface area contributed by atoms with Gasteiger partial charge in [0.1, 0.15) is 16.7 Å². The number of aryl methyl sites for hydroxylation is 1. The summed E-state index contributed by atoms with van der Waals surface area (Å²) in [6, 6.07) is 1.66. The Kier molecular flexibility index (Phi) is 3.84. The molecule has 0 spiro atoms. The molecule has 1 atom stereocenters. The van der Waals surface area contributed by atoms with E-state index in [0.29, 0.717) is 5.82 Å². The van der Waals surface area contributed by atoms with E-state index in [1.165, 1.54) is 4.88 Å². The van der Waals surface area contributed by atoms with E-state index >= 15 is 0 Å². The summed E-state index contributed by atoms with van der Waals surface area (Å²) in [5.41, 5.74) is 5.70. The molecule has 0 aliphatic carbocycles. The Morgan fingerprint density at radius 3 is 2.89 bits per heavy atom. The number of aromatic nitrogens is 2. The van der Waals surface area contributed by atoms with Gasteiger partial charge in [0, 0.05) is 11.9 Å². The number of anilines is 2. The van der Waals surface area contributed by atoms with Crippen LogP contribution in [0.2, 0.25) is 0 Å². The molecule has 0 saturated carbocycles. The van der Waals surface area contributed by atoms with Crippen LogP contribution in [-0.4, -0.2) is 29.0 Å². The van der Waals surface area contributed by atoms with E-state index in [0.717, 1.165) is 16.6 Å². The standard InChI is InChI=1S/C12H17N5OS/c1-4-7-5-8-9(15-6(2)10(18)14-3)16-12(13)17-11(8)19-7/h5-6H,4H2,1-3H3,(H,14,18)(H3,13,15,16,17). The summed E-state index contributed by atoms with van der Waals surface area (Å²) in [5.74, 6) is 0.717. The lowest BCUT2D eigenvalue weighted by Crippen LogP contribution is -2.35. The summed E-state index contributed by atoms with van der Waals surface area (Å²) in [5, 5.41) is 6.58. The lowest BCUT2D eigenvalue weighted by molar-refractivity contribution is -0.121. The number of amides is 1. The maximum atomic E-state index is 11.6. The van der Waals surface area contributed by atoms with Crippen LogP contribution in [0.25, 0.3) is 10.2 Å². The summed E-state index contributed by atoms with van der Waals surface area (Å²) in [7, 11) is 1.60. The number of nitrogens with one attached hydrogen (secondary N) is 2. The van der Waals surface area contributed by atoms with Crippen molar-refractivity contribution in [3.8, 4) is 0 Å². The molecular weight excluding hydrogens is 262 g/mol. The Labute approximate surface area is 115 Å². The van der Waals surface area contributed by atoms with Gasteiger partial charge < -0.3 is 16.4 Å². The fourth-order valence-electron chi connectivity index (χ4n) is 1.76. The third-order valence-corrected chi connectivity index (χ3v) is 3.98. The van der Waals surface area contributed by atoms with Crippen molar-refractivity contribution in [3.63, 3.8) is 0 Å². The summed E-state index contributed by atoms with van der Waals surface area (Å²) < 4.78 is 0. The number of hydrogen-bond acceptors (Lipinski definition) is 6. The molecule has 0 radical (unpaired) electrons. The summed E-state index contributed by atoms with van der Waals surface area (Å²) in [6.07, 6.45) is 0.936. The highest BCUT2D eigenvalue weighted by Gasteiger charge is 2.15. The number of fused-ring (bicyclic) bond motifs is 1. The summed E-state index contributed by atoms with van der Waals surface area (Å²) in [6.45, 7) is 3.86. The van der Waals surface area contributed by atoms with Gasteiger partial charge in [0.05, 0.1) is 5.39 Å². The van der Waals surface area contributed by atoms with Crippen LogP contribution >= 0.6 is 11.3 Å². The van der Waals surface area contributed by atoms with E-state index in [2.05, 4.69) is 27.5 Å². The van der Waals surface area contributed by atoms with Crippen molar-refractivity contribution in [1.82, 2.24) is 15.3 Å². The fraction of sp³-hybridized carbons (Fsp3) is 0.417. The van der Waals surface area contributed by atoms with Crippen LogP contribution in [0.15, 0.2) is 6.07 Å². The van der Waals surface area contributed by atoms with Gasteiger partial charge in [-0.3, -0.25) is 4.79 Å². The maximum Gasteiger partial charge on any atom is 0.241 e. The van der Waals surface area contributed by atoms with Gasteiger partial charge in [0.25, 0.3) is 0 Å². The van der Waals surface area contributed by atoms with Crippen LogP contribution in [0.1, 0.15) is 18.7 Å². The van der Waals surface area contributed by atoms with Gasteiger partial charge in [-0.2, -0.15) is 4.98 Å². The van der Waals surface area contributed by atoms with Crippen molar-refractivity contribution in [1.29, 1.82) is 0 Å². The molecule has 2 rings (SSSR count). The molecule has 0 saturated heterocycles. The van der Waals surface area contributed by atoms with Crippen molar-refractivity contribution in [2.24, 2.45) is 0 Å². The number of likely N-dealkylation sites (N-methyl/N-ethyl adjacent to an activating group) is 1. The monoisotopic (exact) mass is 279 g/mol. The minimum absolute atomic E-state index is 0.101. The molecule has 0 aliphatic heterocycles. The third-order valence-electron chi connectivity index (χ3n) is 2.80. The first-order valence-electron chi connectivity index (χ1n) is 6.09. The van der Waals surface area contributed by atoms with Gasteiger partial charge in [0.15, 0.2) is 0 Å². The molecule has 2 aromatic rings. The minimum Gasteiger partial charge on any atom is -0.368 e. The van der Waals surface area contributed by atoms with Crippen LogP contribution in [0.3, 0.4) is 0 Å². The van der Waals surface area contributed by atoms with Crippen LogP contribution in [0, 0.1) is 0 Å². The van der Waals surface area contributed by atoms with E-state index in [4.69, 9.17) is 5.73 Å². The van der Waals surface area contributed by atoms with Gasteiger partial charge in [0.2, 0.25) is 11.9 Å². The zero-order chi connectivity index (χ0) is 14.0. The Hall–Kier alpha value is -1.89. The first-order chi connectivity index (χ1) is 9.05. The number of nitrogen functional groups attached to an aromatic ring is 1. The van der Waals surface area contributed by atoms with Crippen molar-refractivity contribution < 1.29 is 4.79 Å². The molecule has 4 N–H and O–H groups in total. The van der Waals surface area contributed by atoms with Crippen molar-refractivity contribution in [3.05, 3.63) is 10.9 Å². The molecule has 2 heterocycles. The quantitative estimate of drug-likeness (QED) is 0.786. The predicted molar refractivity (Wildman–Crippen MR) is 78.4 cm³/mol. The summed E-state index contributed by atoms with van der Waals surface area (Å²) >= 11 is 1.60. The smallest absolute Gasteiger partial charge is 0.241 e. The number of carbonyl (C=O) groups excluding carboxylic acids is 1. The second-order valence-electron chi connectivity index (χ2n) is 4.20. The van der Waals surface area contributed by atoms with Gasteiger partial charge >= 0.3 is 0 Å². The molecule has 6 nitrogen and oxygen atoms in total. The number of nitrogens with zero attached hydrogens (tertiary/aromatic N) is 2. The van der Waals surface area contributed by atoms with Crippen LogP contribution in [0.5, 0.6) is 0 Å². The molecular formula is C12H17N5OS. The number of carbonyl (C=O) groups is 1. The largest absolute Gasteiger partial charge is 0.368 e. The first kappa shape index (κ1) is 13.5. The normalized spacial score (nSPS) is 12.4. The first-order valence-corrected chi connectivity index (χ1v) is 6.90. The van der Waals surface area contributed by atoms with Gasteiger partial charge in [-0.25, -0.2) is 4.98 Å². The molecule has 1 amide bonds. The second kappa shape index (κ2) is 5.40. The van der Waals surface area contributed by atoms with E-state index in [9.17, 15) is 4.79 Å². The number of hydrogen-bond donors (Lipinski definition) is 3. The highest BCUT2D eigenvalue weighted by molar-refractivity contribution is 7.18. The number of rotatable bonds is 4. The summed E-state index contributed by atoms with van der Waals surface area (Å²) in [4.78, 5) is 22.0. The SMILES string of the molecule is CCc1cc2c(NC(C)C(=O)NC)nc(N)nc2s1. The van der Waals surface area contributed by atoms with E-state index in [1.807, 2.05) is 6.07 Å². The van der Waals surface area contributed by atoms with Crippen molar-refractivity contribution >= 4 is 39.2 Å². The molecule has 7 heteroatoms. The molecule has 19 heavy (non-hydrogen) atoms. The lowest BCUT2D eigenvalue weighted by Gasteiger charge is -2.13. The molecule has 0 bridgehead atoms. The topological polar surface area (TPSA) is 92.9 Å². The number of thiophene rings is 1. The van der Waals surface area contributed by atoms with Gasteiger partial charge in [-0.05, 0) is 19.4 Å². The predicted octanol–water partition coefficient (Wildman–Crippen LogP) is 1.38. The Morgan fingerprint density at radius 2 is 2.26 bits per heavy atom. The Bertz CT molecular complexity index is 609. The zero-order valence-corrected chi connectivity index (χ0v) is 12.0. The molecule has 0 fully saturated rings. The molecule has 2 aromatic heterocycles. The zero-order valence-electron chi connectivity index (χ0n) is 11.2. The average molecular weight is 279 g/mol. The van der Waals surface area contributed by atoms with Gasteiger partial charge in [-0.15, -0.1) is 11.3 Å². The molecule has 0 aromatic carbocycles. The maximum absolute atomic E-state index is 11.6. The van der Waals surface area contributed by atoms with Crippen molar-refractivity contribution in [2.75, 3.05) is 18.1 Å². The van der Waals surface area contributed by atoms with Crippen molar-refractivity contribution in [2.45, 2.75) is 26.3 Å². The van der Waals surface area contributed by atoms with E-state index in [1.54, 1.807) is 25.3 Å². The lowest BCUT2D eigenvalue weighted by atomic mass is 10.2. The third kappa shape index (κ3) is 2.76. The van der Waals surface area contributed by atoms with Gasteiger partial charge in [-0.1, -0.05) is 6.92 Å². The molecule has 102 valence electrons. The van der Waals surface area contributed by atoms with E-state index in [-0.39, 0.29) is 17.9 Å². The highest BCUT2D eigenvalue weighted by atomic mass is 32.1. The molecule has 0 aliphatic rings. The Morgan fingerprint density at radius 1 is 1.53 bits per heavy atom. The second-order valence-corrected chi connectivity index (χ2v) is 5.31. The highest BCUT2D eigenvalue weighted by Crippen LogP contribution is 2.30. The molecule has 1 unspecified atom stereocenters. The fourth-order valence-corrected chi connectivity index (χ4v) is 2.73. The Balaban J connectivity index is 2.41. The van der Waals surface area contributed by atoms with Crippen LogP contribution in [-0.2, 0) is 11.2 Å². The minimum atomic E-state index is -0.382. The average Bonchev–Trinajstić information content (AvgIpc) is 2.80.